The Balaban J connectivity index is 1.90. The van der Waals surface area contributed by atoms with E-state index in [0.29, 0.717) is 13.1 Å². The molecule has 0 aliphatic heterocycles. The molecule has 2 nitrogen and oxygen atoms in total. The number of benzene rings is 1. The SMILES string of the molecule is Fc1ccc(CNCc2ccco2)c(I)c1. The molecule has 2 aromatic rings. The van der Waals surface area contributed by atoms with Gasteiger partial charge in [0.25, 0.3) is 0 Å². The van der Waals surface area contributed by atoms with Crippen molar-refractivity contribution >= 4 is 22.6 Å². The quantitative estimate of drug-likeness (QED) is 0.870. The maximum atomic E-state index is 12.9. The third kappa shape index (κ3) is 3.05. The number of rotatable bonds is 4. The fourth-order valence-electron chi connectivity index (χ4n) is 1.40. The zero-order valence-electron chi connectivity index (χ0n) is 8.54. The van der Waals surface area contributed by atoms with Crippen molar-refractivity contribution < 1.29 is 8.81 Å². The zero-order chi connectivity index (χ0) is 11.4. The summed E-state index contributed by atoms with van der Waals surface area (Å²) < 4.78 is 19.0. The molecular weight excluding hydrogens is 320 g/mol. The molecule has 0 aliphatic rings. The van der Waals surface area contributed by atoms with Crippen molar-refractivity contribution in [3.8, 4) is 0 Å². The highest BCUT2D eigenvalue weighted by Gasteiger charge is 2.01. The Hall–Kier alpha value is -0.880. The van der Waals surface area contributed by atoms with Gasteiger partial charge in [0, 0.05) is 10.1 Å². The van der Waals surface area contributed by atoms with Gasteiger partial charge in [-0.25, -0.2) is 4.39 Å². The molecule has 0 aliphatic carbocycles. The van der Waals surface area contributed by atoms with Crippen molar-refractivity contribution in [3.05, 3.63) is 57.3 Å². The van der Waals surface area contributed by atoms with E-state index < -0.39 is 0 Å². The number of nitrogens with one attached hydrogen (secondary N) is 1. The Morgan fingerprint density at radius 2 is 2.12 bits per heavy atom. The third-order valence-electron chi connectivity index (χ3n) is 2.21. The lowest BCUT2D eigenvalue weighted by atomic mass is 10.2. The third-order valence-corrected chi connectivity index (χ3v) is 3.21. The molecule has 1 N–H and O–H groups in total. The van der Waals surface area contributed by atoms with Gasteiger partial charge in [0.05, 0.1) is 12.8 Å². The van der Waals surface area contributed by atoms with Gasteiger partial charge in [0.2, 0.25) is 0 Å². The highest BCUT2D eigenvalue weighted by molar-refractivity contribution is 14.1. The number of halogens is 2. The van der Waals surface area contributed by atoms with E-state index in [9.17, 15) is 4.39 Å². The van der Waals surface area contributed by atoms with E-state index in [1.807, 2.05) is 12.1 Å². The molecule has 0 saturated carbocycles. The fraction of sp³-hybridized carbons (Fsp3) is 0.167. The van der Waals surface area contributed by atoms with Crippen LogP contribution in [0, 0.1) is 9.39 Å². The van der Waals surface area contributed by atoms with Gasteiger partial charge in [-0.2, -0.15) is 0 Å². The minimum absolute atomic E-state index is 0.195. The van der Waals surface area contributed by atoms with E-state index >= 15 is 0 Å². The Morgan fingerprint density at radius 1 is 1.25 bits per heavy atom. The predicted molar refractivity (Wildman–Crippen MR) is 68.4 cm³/mol. The molecule has 0 saturated heterocycles. The average Bonchev–Trinajstić information content (AvgIpc) is 2.74. The summed E-state index contributed by atoms with van der Waals surface area (Å²) in [7, 11) is 0. The van der Waals surface area contributed by atoms with E-state index in [1.165, 1.54) is 12.1 Å². The molecule has 1 aromatic carbocycles. The van der Waals surface area contributed by atoms with Gasteiger partial charge in [-0.3, -0.25) is 0 Å². The molecule has 1 heterocycles. The van der Waals surface area contributed by atoms with Crippen molar-refractivity contribution in [2.75, 3.05) is 0 Å². The summed E-state index contributed by atoms with van der Waals surface area (Å²) in [6.45, 7) is 1.39. The molecule has 0 radical (unpaired) electrons. The first-order chi connectivity index (χ1) is 7.75. The maximum Gasteiger partial charge on any atom is 0.124 e. The summed E-state index contributed by atoms with van der Waals surface area (Å²) in [5.41, 5.74) is 1.09. The van der Waals surface area contributed by atoms with Gasteiger partial charge in [-0.15, -0.1) is 0 Å². The summed E-state index contributed by atoms with van der Waals surface area (Å²) in [4.78, 5) is 0. The smallest absolute Gasteiger partial charge is 0.124 e. The van der Waals surface area contributed by atoms with Gasteiger partial charge in [-0.05, 0) is 52.4 Å². The fourth-order valence-corrected chi connectivity index (χ4v) is 2.07. The van der Waals surface area contributed by atoms with Crippen LogP contribution in [-0.2, 0) is 13.1 Å². The molecular formula is C12H11FINO. The van der Waals surface area contributed by atoms with E-state index in [0.717, 1.165) is 14.9 Å². The van der Waals surface area contributed by atoms with Crippen molar-refractivity contribution in [2.45, 2.75) is 13.1 Å². The van der Waals surface area contributed by atoms with Crippen LogP contribution in [-0.4, -0.2) is 0 Å². The lowest BCUT2D eigenvalue weighted by molar-refractivity contribution is 0.482. The minimum atomic E-state index is -0.195. The zero-order valence-corrected chi connectivity index (χ0v) is 10.7. The molecule has 0 atom stereocenters. The molecule has 84 valence electrons. The van der Waals surface area contributed by atoms with Crippen LogP contribution in [0.4, 0.5) is 4.39 Å². The van der Waals surface area contributed by atoms with Crippen molar-refractivity contribution in [2.24, 2.45) is 0 Å². The van der Waals surface area contributed by atoms with Crippen LogP contribution < -0.4 is 5.32 Å². The summed E-state index contributed by atoms with van der Waals surface area (Å²) in [5.74, 6) is 0.705. The van der Waals surface area contributed by atoms with Gasteiger partial charge in [0.1, 0.15) is 11.6 Å². The molecule has 0 spiro atoms. The van der Waals surface area contributed by atoms with E-state index in [-0.39, 0.29) is 5.82 Å². The van der Waals surface area contributed by atoms with E-state index in [1.54, 1.807) is 12.3 Å². The molecule has 1 aromatic heterocycles. The van der Waals surface area contributed by atoms with Gasteiger partial charge in [-0.1, -0.05) is 6.07 Å². The Morgan fingerprint density at radius 3 is 2.81 bits per heavy atom. The molecule has 0 fully saturated rings. The van der Waals surface area contributed by atoms with E-state index in [4.69, 9.17) is 4.42 Å². The average molecular weight is 331 g/mol. The molecule has 0 unspecified atom stereocenters. The van der Waals surface area contributed by atoms with Crippen LogP contribution in [0.15, 0.2) is 41.0 Å². The van der Waals surface area contributed by atoms with Crippen LogP contribution in [0.5, 0.6) is 0 Å². The van der Waals surface area contributed by atoms with Crippen molar-refractivity contribution in [3.63, 3.8) is 0 Å². The second-order valence-electron chi connectivity index (χ2n) is 3.42. The lowest BCUT2D eigenvalue weighted by Gasteiger charge is -2.05. The van der Waals surface area contributed by atoms with Crippen LogP contribution in [0.3, 0.4) is 0 Å². The Bertz CT molecular complexity index is 456. The largest absolute Gasteiger partial charge is 0.468 e. The summed E-state index contributed by atoms with van der Waals surface area (Å²) in [6, 6.07) is 8.59. The van der Waals surface area contributed by atoms with Crippen LogP contribution in [0.2, 0.25) is 0 Å². The highest BCUT2D eigenvalue weighted by Crippen LogP contribution is 2.13. The van der Waals surface area contributed by atoms with Crippen LogP contribution in [0.25, 0.3) is 0 Å². The highest BCUT2D eigenvalue weighted by atomic mass is 127. The Labute approximate surface area is 107 Å². The molecule has 2 rings (SSSR count). The standard InChI is InChI=1S/C12H11FINO/c13-10-4-3-9(12(14)6-10)7-15-8-11-2-1-5-16-11/h1-6,15H,7-8H2. The molecule has 16 heavy (non-hydrogen) atoms. The number of furan rings is 1. The second-order valence-corrected chi connectivity index (χ2v) is 4.58. The minimum Gasteiger partial charge on any atom is -0.468 e. The Kier molecular flexibility index (Phi) is 3.95. The van der Waals surface area contributed by atoms with Crippen molar-refractivity contribution in [1.29, 1.82) is 0 Å². The second kappa shape index (κ2) is 5.45. The lowest BCUT2D eigenvalue weighted by Crippen LogP contribution is -2.13. The first-order valence-electron chi connectivity index (χ1n) is 4.93. The first kappa shape index (κ1) is 11.6. The van der Waals surface area contributed by atoms with Crippen LogP contribution in [0.1, 0.15) is 11.3 Å². The predicted octanol–water partition coefficient (Wildman–Crippen LogP) is 3.31. The topological polar surface area (TPSA) is 25.2 Å². The number of hydrogen-bond acceptors (Lipinski definition) is 2. The molecule has 4 heteroatoms. The first-order valence-corrected chi connectivity index (χ1v) is 6.00. The van der Waals surface area contributed by atoms with Gasteiger partial charge >= 0.3 is 0 Å². The maximum absolute atomic E-state index is 12.9. The summed E-state index contributed by atoms with van der Waals surface area (Å²) in [6.07, 6.45) is 1.65. The van der Waals surface area contributed by atoms with Crippen LogP contribution >= 0.6 is 22.6 Å². The monoisotopic (exact) mass is 331 g/mol. The molecule has 0 bridgehead atoms. The normalized spacial score (nSPS) is 10.6. The summed E-state index contributed by atoms with van der Waals surface area (Å²) >= 11 is 2.14. The van der Waals surface area contributed by atoms with E-state index in [2.05, 4.69) is 27.9 Å². The van der Waals surface area contributed by atoms with Crippen molar-refractivity contribution in [1.82, 2.24) is 5.32 Å². The summed E-state index contributed by atoms with van der Waals surface area (Å²) in [5, 5.41) is 3.24. The molecule has 0 amide bonds. The van der Waals surface area contributed by atoms with Gasteiger partial charge in [0.15, 0.2) is 0 Å². The van der Waals surface area contributed by atoms with Gasteiger partial charge < -0.3 is 9.73 Å². The number of hydrogen-bond donors (Lipinski definition) is 1.